The lowest BCUT2D eigenvalue weighted by Gasteiger charge is -1.99. The van der Waals surface area contributed by atoms with Gasteiger partial charge in [0, 0.05) is 0 Å². The van der Waals surface area contributed by atoms with Crippen molar-refractivity contribution in [2.45, 2.75) is 27.3 Å². The van der Waals surface area contributed by atoms with Gasteiger partial charge in [0.05, 0.1) is 11.9 Å². The van der Waals surface area contributed by atoms with Crippen molar-refractivity contribution in [3.8, 4) is 0 Å². The summed E-state index contributed by atoms with van der Waals surface area (Å²) in [6.07, 6.45) is 0.765. The summed E-state index contributed by atoms with van der Waals surface area (Å²) in [4.78, 5) is 0. The Morgan fingerprint density at radius 3 is 2.08 bits per heavy atom. The van der Waals surface area contributed by atoms with Crippen LogP contribution in [0.15, 0.2) is 6.20 Å². The third-order valence-corrected chi connectivity index (χ3v) is 1.17. The molecule has 0 aliphatic heterocycles. The molecule has 0 saturated carbocycles. The van der Waals surface area contributed by atoms with Crippen molar-refractivity contribution in [3.05, 3.63) is 17.7 Å². The van der Waals surface area contributed by atoms with Crippen LogP contribution < -0.4 is 0 Å². The number of hydrogen-bond acceptors (Lipinski definition) is 1. The monoisotopic (exact) mass is 180 g/mol. The van der Waals surface area contributed by atoms with E-state index < -0.39 is 12.4 Å². The Balaban J connectivity index is 0.000000561. The summed E-state index contributed by atoms with van der Waals surface area (Å²) >= 11 is 0. The third kappa shape index (κ3) is 2.25. The summed E-state index contributed by atoms with van der Waals surface area (Å²) < 4.78 is 36.2. The average Bonchev–Trinajstić information content (AvgIpc) is 2.37. The third-order valence-electron chi connectivity index (χ3n) is 1.17. The second-order valence-electron chi connectivity index (χ2n) is 1.80. The largest absolute Gasteiger partial charge is 0.333 e. The van der Waals surface area contributed by atoms with Crippen LogP contribution in [-0.2, 0) is 0 Å². The van der Waals surface area contributed by atoms with Crippen LogP contribution >= 0.6 is 0 Å². The maximum absolute atomic E-state index is 12.3. The van der Waals surface area contributed by atoms with Gasteiger partial charge in [0.2, 0.25) is 0 Å². The second kappa shape index (κ2) is 4.79. The molecular weight excluding hydrogens is 169 g/mol. The molecule has 0 bridgehead atoms. The van der Waals surface area contributed by atoms with Gasteiger partial charge in [-0.2, -0.15) is 13.9 Å². The van der Waals surface area contributed by atoms with Crippen molar-refractivity contribution in [2.75, 3.05) is 0 Å². The van der Waals surface area contributed by atoms with Gasteiger partial charge in [0.15, 0.2) is 5.82 Å². The molecule has 0 N–H and O–H groups in total. The van der Waals surface area contributed by atoms with E-state index in [1.165, 1.54) is 6.92 Å². The molecule has 1 heterocycles. The minimum Gasteiger partial charge on any atom is -0.206 e. The van der Waals surface area contributed by atoms with Crippen molar-refractivity contribution in [2.24, 2.45) is 0 Å². The number of rotatable bonds is 1. The summed E-state index contributed by atoms with van der Waals surface area (Å²) in [5.41, 5.74) is -0.144. The molecule has 0 atom stereocenters. The average molecular weight is 180 g/mol. The quantitative estimate of drug-likeness (QED) is 0.649. The highest BCUT2D eigenvalue weighted by molar-refractivity contribution is 5.00. The number of alkyl halides is 2. The Kier molecular flexibility index (Phi) is 4.39. The van der Waals surface area contributed by atoms with Crippen molar-refractivity contribution in [3.63, 3.8) is 0 Å². The standard InChI is InChI=1S/C5H5F3N2.C2H6/c1-3-4(6)2-9-10(3)5(7)8;1-2/h2,5H,1H3;1-2H3. The Morgan fingerprint density at radius 1 is 1.42 bits per heavy atom. The molecule has 1 aromatic rings. The zero-order valence-electron chi connectivity index (χ0n) is 7.18. The maximum atomic E-state index is 12.3. The summed E-state index contributed by atoms with van der Waals surface area (Å²) in [5.74, 6) is -0.708. The number of halogens is 3. The molecule has 1 aromatic heterocycles. The minimum atomic E-state index is -2.76. The van der Waals surface area contributed by atoms with E-state index in [0.717, 1.165) is 6.20 Å². The first-order chi connectivity index (χ1) is 5.63. The van der Waals surface area contributed by atoms with E-state index in [9.17, 15) is 13.2 Å². The summed E-state index contributed by atoms with van der Waals surface area (Å²) in [5, 5.41) is 3.11. The molecule has 0 unspecified atom stereocenters. The van der Waals surface area contributed by atoms with Gasteiger partial charge in [0.25, 0.3) is 0 Å². The fraction of sp³-hybridized carbons (Fsp3) is 0.571. The Morgan fingerprint density at radius 2 is 1.92 bits per heavy atom. The van der Waals surface area contributed by atoms with Crippen LogP contribution in [0.1, 0.15) is 26.1 Å². The van der Waals surface area contributed by atoms with E-state index in [4.69, 9.17) is 0 Å². The first-order valence-corrected chi connectivity index (χ1v) is 3.60. The van der Waals surface area contributed by atoms with E-state index in [1.54, 1.807) is 0 Å². The van der Waals surface area contributed by atoms with E-state index in [0.29, 0.717) is 4.68 Å². The molecule has 0 fully saturated rings. The van der Waals surface area contributed by atoms with E-state index >= 15 is 0 Å². The Hall–Kier alpha value is -1.00. The van der Waals surface area contributed by atoms with Crippen molar-refractivity contribution in [1.29, 1.82) is 0 Å². The predicted octanol–water partition coefficient (Wildman–Crippen LogP) is 2.75. The first kappa shape index (κ1) is 11.0. The van der Waals surface area contributed by atoms with E-state index in [-0.39, 0.29) is 5.69 Å². The number of aromatic nitrogens is 2. The molecule has 0 spiro atoms. The van der Waals surface area contributed by atoms with Crippen LogP contribution in [0.5, 0.6) is 0 Å². The molecule has 0 aromatic carbocycles. The molecule has 0 radical (unpaired) electrons. The summed E-state index contributed by atoms with van der Waals surface area (Å²) in [6, 6.07) is 0. The van der Waals surface area contributed by atoms with Crippen LogP contribution in [0.4, 0.5) is 13.2 Å². The van der Waals surface area contributed by atoms with Crippen LogP contribution in [0, 0.1) is 12.7 Å². The lowest BCUT2D eigenvalue weighted by molar-refractivity contribution is 0.0540. The van der Waals surface area contributed by atoms with Crippen molar-refractivity contribution < 1.29 is 13.2 Å². The molecule has 5 heteroatoms. The summed E-state index contributed by atoms with van der Waals surface area (Å²) in [6.45, 7) is 2.48. The van der Waals surface area contributed by atoms with Gasteiger partial charge < -0.3 is 0 Å². The Labute approximate surface area is 69.0 Å². The Bertz CT molecular complexity index is 233. The van der Waals surface area contributed by atoms with Crippen molar-refractivity contribution in [1.82, 2.24) is 9.78 Å². The topological polar surface area (TPSA) is 17.8 Å². The van der Waals surface area contributed by atoms with Crippen LogP contribution in [0.3, 0.4) is 0 Å². The fourth-order valence-corrected chi connectivity index (χ4v) is 0.599. The van der Waals surface area contributed by atoms with Gasteiger partial charge >= 0.3 is 6.55 Å². The highest BCUT2D eigenvalue weighted by Gasteiger charge is 2.12. The van der Waals surface area contributed by atoms with Gasteiger partial charge in [-0.15, -0.1) is 0 Å². The molecular formula is C7H11F3N2. The van der Waals surface area contributed by atoms with Gasteiger partial charge in [-0.1, -0.05) is 13.8 Å². The second-order valence-corrected chi connectivity index (χ2v) is 1.80. The zero-order chi connectivity index (χ0) is 9.72. The molecule has 0 aliphatic carbocycles. The number of hydrogen-bond donors (Lipinski definition) is 0. The van der Waals surface area contributed by atoms with Crippen LogP contribution in [0.2, 0.25) is 0 Å². The zero-order valence-corrected chi connectivity index (χ0v) is 7.18. The smallest absolute Gasteiger partial charge is 0.206 e. The fourth-order valence-electron chi connectivity index (χ4n) is 0.599. The lowest BCUT2D eigenvalue weighted by atomic mass is 10.5. The molecule has 2 nitrogen and oxygen atoms in total. The predicted molar refractivity (Wildman–Crippen MR) is 39.5 cm³/mol. The molecule has 70 valence electrons. The molecule has 0 aliphatic rings. The molecule has 12 heavy (non-hydrogen) atoms. The van der Waals surface area contributed by atoms with E-state index in [2.05, 4.69) is 5.10 Å². The SMILES string of the molecule is CC.Cc1c(F)cnn1C(F)F. The van der Waals surface area contributed by atoms with Crippen LogP contribution in [-0.4, -0.2) is 9.78 Å². The summed E-state index contributed by atoms with van der Waals surface area (Å²) in [7, 11) is 0. The normalized spacial score (nSPS) is 9.58. The van der Waals surface area contributed by atoms with E-state index in [1.807, 2.05) is 13.8 Å². The van der Waals surface area contributed by atoms with Gasteiger partial charge in [-0.3, -0.25) is 0 Å². The van der Waals surface area contributed by atoms with Crippen molar-refractivity contribution >= 4 is 0 Å². The highest BCUT2D eigenvalue weighted by Crippen LogP contribution is 2.13. The van der Waals surface area contributed by atoms with Gasteiger partial charge in [-0.05, 0) is 6.92 Å². The lowest BCUT2D eigenvalue weighted by Crippen LogP contribution is -2.02. The molecule has 1 rings (SSSR count). The molecule has 0 amide bonds. The number of nitrogens with zero attached hydrogens (tertiary/aromatic N) is 2. The maximum Gasteiger partial charge on any atom is 0.333 e. The van der Waals surface area contributed by atoms with Gasteiger partial charge in [-0.25, -0.2) is 9.07 Å². The minimum absolute atomic E-state index is 0.144. The van der Waals surface area contributed by atoms with Crippen LogP contribution in [0.25, 0.3) is 0 Å². The highest BCUT2D eigenvalue weighted by atomic mass is 19.3. The van der Waals surface area contributed by atoms with Gasteiger partial charge in [0.1, 0.15) is 0 Å². The first-order valence-electron chi connectivity index (χ1n) is 3.60. The molecule has 0 saturated heterocycles.